The smallest absolute Gasteiger partial charge is 0.130 e. The minimum absolute atomic E-state index is 0.184. The molecule has 3 aromatic carbocycles. The van der Waals surface area contributed by atoms with Gasteiger partial charge in [-0.05, 0) is 48.1 Å². The van der Waals surface area contributed by atoms with Gasteiger partial charge in [0.05, 0.1) is 6.54 Å². The quantitative estimate of drug-likeness (QED) is 0.706. The van der Waals surface area contributed by atoms with Gasteiger partial charge in [-0.25, -0.2) is 0 Å². The molecule has 0 spiro atoms. The second kappa shape index (κ2) is 6.13. The molecule has 0 aliphatic carbocycles. The molecule has 0 bridgehead atoms. The molecule has 0 aromatic heterocycles. The highest BCUT2D eigenvalue weighted by molar-refractivity contribution is 6.30. The number of benzene rings is 3. The van der Waals surface area contributed by atoms with E-state index < -0.39 is 0 Å². The van der Waals surface area contributed by atoms with E-state index in [1.54, 1.807) is 0 Å². The van der Waals surface area contributed by atoms with Crippen LogP contribution in [-0.4, -0.2) is 12.6 Å². The summed E-state index contributed by atoms with van der Waals surface area (Å²) in [5.74, 6) is 1.05. The molecule has 23 heavy (non-hydrogen) atoms. The van der Waals surface area contributed by atoms with Gasteiger partial charge in [0.15, 0.2) is 0 Å². The van der Waals surface area contributed by atoms with Gasteiger partial charge in [0.1, 0.15) is 11.9 Å². The molecule has 116 valence electrons. The molecule has 3 heteroatoms. The van der Waals surface area contributed by atoms with Gasteiger partial charge in [-0.3, -0.25) is 0 Å². The van der Waals surface area contributed by atoms with Crippen molar-refractivity contribution in [3.05, 3.63) is 71.2 Å². The van der Waals surface area contributed by atoms with Crippen LogP contribution in [0.15, 0.2) is 60.7 Å². The summed E-state index contributed by atoms with van der Waals surface area (Å²) in [6, 6.07) is 20.6. The number of ether oxygens (including phenoxy) is 1. The number of aryl methyl sites for hydroxylation is 1. The van der Waals surface area contributed by atoms with Crippen molar-refractivity contribution in [1.29, 1.82) is 0 Å². The maximum Gasteiger partial charge on any atom is 0.130 e. The molecule has 1 aliphatic heterocycles. The fourth-order valence-corrected chi connectivity index (χ4v) is 3.24. The molecule has 0 radical (unpaired) electrons. The van der Waals surface area contributed by atoms with Gasteiger partial charge < -0.3 is 10.1 Å². The van der Waals surface area contributed by atoms with Crippen molar-refractivity contribution in [2.75, 3.05) is 11.9 Å². The Hall–Kier alpha value is -2.19. The highest BCUT2D eigenvalue weighted by Crippen LogP contribution is 2.35. The lowest BCUT2D eigenvalue weighted by molar-refractivity contribution is 0.188. The molecule has 3 aromatic rings. The molecule has 0 saturated heterocycles. The van der Waals surface area contributed by atoms with E-state index in [9.17, 15) is 0 Å². The van der Waals surface area contributed by atoms with Gasteiger partial charge >= 0.3 is 0 Å². The summed E-state index contributed by atoms with van der Waals surface area (Å²) in [6.07, 6.45) is 2.28. The molecule has 1 atom stereocenters. The number of halogens is 1. The lowest BCUT2D eigenvalue weighted by Gasteiger charge is -2.27. The fraction of sp³-hybridized carbons (Fsp3) is 0.200. The van der Waals surface area contributed by atoms with Gasteiger partial charge in [-0.2, -0.15) is 0 Å². The maximum atomic E-state index is 6.30. The molecule has 1 unspecified atom stereocenters. The molecular formula is C20H18ClNO. The van der Waals surface area contributed by atoms with E-state index in [-0.39, 0.29) is 6.10 Å². The van der Waals surface area contributed by atoms with Crippen LogP contribution in [-0.2, 0) is 6.42 Å². The number of anilines is 1. The van der Waals surface area contributed by atoms with Crippen LogP contribution in [0.4, 0.5) is 5.69 Å². The van der Waals surface area contributed by atoms with E-state index in [0.717, 1.165) is 35.8 Å². The summed E-state index contributed by atoms with van der Waals surface area (Å²) in [5.41, 5.74) is 2.38. The van der Waals surface area contributed by atoms with Crippen molar-refractivity contribution in [2.24, 2.45) is 0 Å². The molecule has 2 nitrogen and oxygen atoms in total. The van der Waals surface area contributed by atoms with Gasteiger partial charge in [0.25, 0.3) is 0 Å². The normalized spacial score (nSPS) is 16.7. The van der Waals surface area contributed by atoms with Crippen LogP contribution in [0, 0.1) is 0 Å². The van der Waals surface area contributed by atoms with Crippen molar-refractivity contribution in [3.8, 4) is 5.75 Å². The maximum absolute atomic E-state index is 6.30. The number of hydrogen-bond donors (Lipinski definition) is 1. The van der Waals surface area contributed by atoms with Crippen LogP contribution in [0.5, 0.6) is 5.75 Å². The number of rotatable bonds is 3. The average Bonchev–Trinajstić information content (AvgIpc) is 2.61. The second-order valence-electron chi connectivity index (χ2n) is 5.94. The monoisotopic (exact) mass is 323 g/mol. The van der Waals surface area contributed by atoms with Crippen LogP contribution in [0.1, 0.15) is 12.0 Å². The lowest BCUT2D eigenvalue weighted by atomic mass is 9.97. The van der Waals surface area contributed by atoms with E-state index in [4.69, 9.17) is 16.3 Å². The Morgan fingerprint density at radius 1 is 1.00 bits per heavy atom. The Morgan fingerprint density at radius 3 is 2.70 bits per heavy atom. The minimum atomic E-state index is 0.184. The van der Waals surface area contributed by atoms with Crippen LogP contribution in [0.2, 0.25) is 5.02 Å². The predicted molar refractivity (Wildman–Crippen MR) is 96.6 cm³/mol. The van der Waals surface area contributed by atoms with Crippen LogP contribution in [0.3, 0.4) is 0 Å². The molecule has 1 heterocycles. The second-order valence-corrected chi connectivity index (χ2v) is 6.38. The zero-order valence-electron chi connectivity index (χ0n) is 12.8. The van der Waals surface area contributed by atoms with Gasteiger partial charge in [-0.15, -0.1) is 0 Å². The first kappa shape index (κ1) is 14.4. The lowest BCUT2D eigenvalue weighted by Crippen LogP contribution is -2.30. The Kier molecular flexibility index (Phi) is 3.84. The molecule has 1 N–H and O–H groups in total. The summed E-state index contributed by atoms with van der Waals surface area (Å²) >= 11 is 5.92. The first-order valence-corrected chi connectivity index (χ1v) is 8.34. The molecule has 1 aliphatic rings. The predicted octanol–water partition coefficient (Wildman–Crippen LogP) is 5.30. The summed E-state index contributed by atoms with van der Waals surface area (Å²) in [7, 11) is 0. The third kappa shape index (κ3) is 2.99. The molecular weight excluding hydrogens is 306 g/mol. The Balaban J connectivity index is 1.51. The minimum Gasteiger partial charge on any atom is -0.488 e. The fourth-order valence-electron chi connectivity index (χ4n) is 3.11. The van der Waals surface area contributed by atoms with Crippen molar-refractivity contribution < 1.29 is 4.74 Å². The third-order valence-corrected chi connectivity index (χ3v) is 4.61. The number of hydrogen-bond acceptors (Lipinski definition) is 2. The van der Waals surface area contributed by atoms with E-state index >= 15 is 0 Å². The van der Waals surface area contributed by atoms with Crippen LogP contribution >= 0.6 is 11.6 Å². The topological polar surface area (TPSA) is 21.3 Å². The SMILES string of the molecule is Clc1ccc(NCC2CCc3ccc4ccccc4c3O2)cc1. The molecule has 4 rings (SSSR count). The number of nitrogens with one attached hydrogen (secondary N) is 1. The standard InChI is InChI=1S/C20H18ClNO/c21-16-8-10-17(11-9-16)22-13-18-12-7-15-6-5-14-3-1-2-4-19(14)20(15)23-18/h1-6,8-11,18,22H,7,12-13H2. The first-order chi connectivity index (χ1) is 11.3. The van der Waals surface area contributed by atoms with Gasteiger partial charge in [-0.1, -0.05) is 48.0 Å². The van der Waals surface area contributed by atoms with E-state index in [2.05, 4.69) is 41.7 Å². The van der Waals surface area contributed by atoms with Gasteiger partial charge in [0.2, 0.25) is 0 Å². The Bertz CT molecular complexity index is 829. The summed E-state index contributed by atoms with van der Waals surface area (Å²) < 4.78 is 6.30. The largest absolute Gasteiger partial charge is 0.488 e. The zero-order valence-corrected chi connectivity index (χ0v) is 13.5. The highest BCUT2D eigenvalue weighted by atomic mass is 35.5. The van der Waals surface area contributed by atoms with Crippen molar-refractivity contribution in [2.45, 2.75) is 18.9 Å². The van der Waals surface area contributed by atoms with Crippen LogP contribution < -0.4 is 10.1 Å². The zero-order chi connectivity index (χ0) is 15.6. The number of fused-ring (bicyclic) bond motifs is 3. The summed E-state index contributed by atoms with van der Waals surface area (Å²) in [6.45, 7) is 0.796. The average molecular weight is 324 g/mol. The van der Waals surface area contributed by atoms with Crippen molar-refractivity contribution in [3.63, 3.8) is 0 Å². The van der Waals surface area contributed by atoms with Crippen molar-refractivity contribution >= 4 is 28.1 Å². The van der Waals surface area contributed by atoms with E-state index in [0.29, 0.717) is 0 Å². The third-order valence-electron chi connectivity index (χ3n) is 4.36. The summed E-state index contributed by atoms with van der Waals surface area (Å²) in [4.78, 5) is 0. The van der Waals surface area contributed by atoms with E-state index in [1.807, 2.05) is 24.3 Å². The summed E-state index contributed by atoms with van der Waals surface area (Å²) in [5, 5.41) is 6.63. The van der Waals surface area contributed by atoms with Crippen LogP contribution in [0.25, 0.3) is 10.8 Å². The molecule has 0 saturated carbocycles. The molecule has 0 fully saturated rings. The Labute approximate surface area is 141 Å². The molecule has 0 amide bonds. The van der Waals surface area contributed by atoms with Crippen molar-refractivity contribution in [1.82, 2.24) is 0 Å². The Morgan fingerprint density at radius 2 is 1.83 bits per heavy atom. The highest BCUT2D eigenvalue weighted by Gasteiger charge is 2.21. The van der Waals surface area contributed by atoms with Gasteiger partial charge in [0, 0.05) is 16.1 Å². The van der Waals surface area contributed by atoms with E-state index in [1.165, 1.54) is 16.3 Å². The first-order valence-electron chi connectivity index (χ1n) is 7.96.